The lowest BCUT2D eigenvalue weighted by Gasteiger charge is -2.08. The summed E-state index contributed by atoms with van der Waals surface area (Å²) in [5.74, 6) is 0. The predicted molar refractivity (Wildman–Crippen MR) is 74.7 cm³/mol. The van der Waals surface area contributed by atoms with Crippen molar-refractivity contribution in [3.8, 4) is 0 Å². The number of anilines is 2. The minimum Gasteiger partial charge on any atom is -0.379 e. The molecule has 0 fully saturated rings. The van der Waals surface area contributed by atoms with Crippen LogP contribution in [0.5, 0.6) is 0 Å². The Labute approximate surface area is 111 Å². The van der Waals surface area contributed by atoms with Crippen molar-refractivity contribution in [3.63, 3.8) is 0 Å². The lowest BCUT2D eigenvalue weighted by atomic mass is 10.2. The maximum absolute atomic E-state index is 10.9. The Morgan fingerprint density at radius 2 is 1.89 bits per heavy atom. The summed E-state index contributed by atoms with van der Waals surface area (Å²) in [6.07, 6.45) is 1.72. The third-order valence-corrected chi connectivity index (χ3v) is 2.84. The molecule has 1 aromatic heterocycles. The summed E-state index contributed by atoms with van der Waals surface area (Å²) in [6, 6.07) is 12.5. The van der Waals surface area contributed by atoms with Gasteiger partial charge in [0, 0.05) is 11.9 Å². The van der Waals surface area contributed by atoms with Gasteiger partial charge in [0.1, 0.15) is 0 Å². The Hall–Kier alpha value is -2.12. The Balaban J connectivity index is 2.03. The molecule has 7 heteroatoms. The highest BCUT2D eigenvalue weighted by molar-refractivity contribution is 7.90. The van der Waals surface area contributed by atoms with Gasteiger partial charge < -0.3 is 5.32 Å². The molecule has 0 aliphatic rings. The van der Waals surface area contributed by atoms with Crippen LogP contribution in [0.15, 0.2) is 48.7 Å². The molecular formula is C12H14N4O2S. The van der Waals surface area contributed by atoms with Crippen LogP contribution in [0.1, 0.15) is 5.69 Å². The van der Waals surface area contributed by atoms with Crippen molar-refractivity contribution in [1.29, 1.82) is 0 Å². The topological polar surface area (TPSA) is 97.1 Å². The first-order valence-electron chi connectivity index (χ1n) is 5.57. The summed E-state index contributed by atoms with van der Waals surface area (Å²) in [5, 5.41) is 8.06. The summed E-state index contributed by atoms with van der Waals surface area (Å²) < 4.78 is 24.1. The third kappa shape index (κ3) is 4.57. The van der Waals surface area contributed by atoms with Crippen LogP contribution in [0.25, 0.3) is 0 Å². The summed E-state index contributed by atoms with van der Waals surface area (Å²) in [7, 11) is -3.75. The van der Waals surface area contributed by atoms with Crippen molar-refractivity contribution in [2.45, 2.75) is 6.54 Å². The standard InChI is InChI=1S/C12H14N4O2S/c13-19(17,18)16-11-6-3-5-10(8-11)15-9-12-4-1-2-7-14-12/h1-8,15-16H,9H2,(H2,13,17,18). The highest BCUT2D eigenvalue weighted by Crippen LogP contribution is 2.16. The van der Waals surface area contributed by atoms with Crippen LogP contribution in [0.2, 0.25) is 0 Å². The molecule has 100 valence electrons. The van der Waals surface area contributed by atoms with Gasteiger partial charge in [0.2, 0.25) is 0 Å². The fraction of sp³-hybridized carbons (Fsp3) is 0.0833. The molecule has 0 aliphatic carbocycles. The zero-order chi connectivity index (χ0) is 13.7. The molecule has 0 bridgehead atoms. The monoisotopic (exact) mass is 278 g/mol. The van der Waals surface area contributed by atoms with E-state index in [-0.39, 0.29) is 0 Å². The number of rotatable bonds is 5. The van der Waals surface area contributed by atoms with Gasteiger partial charge in [-0.25, -0.2) is 5.14 Å². The van der Waals surface area contributed by atoms with Crippen LogP contribution in [0, 0.1) is 0 Å². The molecule has 0 spiro atoms. The van der Waals surface area contributed by atoms with E-state index in [0.717, 1.165) is 11.4 Å². The molecule has 2 rings (SSSR count). The first kappa shape index (κ1) is 13.3. The van der Waals surface area contributed by atoms with Crippen LogP contribution in [0.4, 0.5) is 11.4 Å². The number of benzene rings is 1. The first-order chi connectivity index (χ1) is 9.03. The highest BCUT2D eigenvalue weighted by Gasteiger charge is 2.02. The van der Waals surface area contributed by atoms with E-state index >= 15 is 0 Å². The van der Waals surface area contributed by atoms with Crippen molar-refractivity contribution in [3.05, 3.63) is 54.4 Å². The van der Waals surface area contributed by atoms with Gasteiger partial charge in [-0.3, -0.25) is 9.71 Å². The van der Waals surface area contributed by atoms with Gasteiger partial charge in [-0.15, -0.1) is 0 Å². The minimum atomic E-state index is -3.75. The van der Waals surface area contributed by atoms with Crippen molar-refractivity contribution in [2.24, 2.45) is 5.14 Å². The maximum atomic E-state index is 10.9. The van der Waals surface area contributed by atoms with Crippen molar-refractivity contribution < 1.29 is 8.42 Å². The molecular weight excluding hydrogens is 264 g/mol. The number of nitrogens with zero attached hydrogens (tertiary/aromatic N) is 1. The molecule has 1 heterocycles. The second-order valence-electron chi connectivity index (χ2n) is 3.90. The van der Waals surface area contributed by atoms with E-state index in [1.807, 2.05) is 24.3 Å². The van der Waals surface area contributed by atoms with E-state index in [9.17, 15) is 8.42 Å². The van der Waals surface area contributed by atoms with Crippen LogP contribution >= 0.6 is 0 Å². The van der Waals surface area contributed by atoms with Crippen LogP contribution in [-0.4, -0.2) is 13.4 Å². The number of nitrogens with two attached hydrogens (primary N) is 1. The van der Waals surface area contributed by atoms with Gasteiger partial charge in [0.05, 0.1) is 17.9 Å². The summed E-state index contributed by atoms with van der Waals surface area (Å²) in [5.41, 5.74) is 2.08. The van der Waals surface area contributed by atoms with Gasteiger partial charge in [-0.05, 0) is 30.3 Å². The maximum Gasteiger partial charge on any atom is 0.296 e. The quantitative estimate of drug-likeness (QED) is 0.768. The third-order valence-electron chi connectivity index (χ3n) is 2.32. The molecule has 1 aromatic carbocycles. The molecule has 0 saturated carbocycles. The normalized spacial score (nSPS) is 11.0. The lowest BCUT2D eigenvalue weighted by molar-refractivity contribution is 0.603. The van der Waals surface area contributed by atoms with Gasteiger partial charge in [-0.1, -0.05) is 12.1 Å². The Bertz CT molecular complexity index is 644. The van der Waals surface area contributed by atoms with E-state index in [2.05, 4.69) is 15.0 Å². The van der Waals surface area contributed by atoms with Crippen LogP contribution < -0.4 is 15.2 Å². The van der Waals surface area contributed by atoms with Crippen molar-refractivity contribution in [2.75, 3.05) is 10.0 Å². The second kappa shape index (κ2) is 5.68. The Morgan fingerprint density at radius 1 is 1.11 bits per heavy atom. The largest absolute Gasteiger partial charge is 0.379 e. The average Bonchev–Trinajstić information content (AvgIpc) is 2.36. The Kier molecular flexibility index (Phi) is 3.98. The number of pyridine rings is 1. The molecule has 0 unspecified atom stereocenters. The van der Waals surface area contributed by atoms with Crippen LogP contribution in [0.3, 0.4) is 0 Å². The SMILES string of the molecule is NS(=O)(=O)Nc1cccc(NCc2ccccn2)c1. The molecule has 2 aromatic rings. The molecule has 0 radical (unpaired) electrons. The van der Waals surface area contributed by atoms with E-state index in [4.69, 9.17) is 5.14 Å². The lowest BCUT2D eigenvalue weighted by Crippen LogP contribution is -2.21. The molecule has 6 nitrogen and oxygen atoms in total. The molecule has 0 amide bonds. The number of hydrogen-bond donors (Lipinski definition) is 3. The van der Waals surface area contributed by atoms with E-state index in [0.29, 0.717) is 12.2 Å². The zero-order valence-electron chi connectivity index (χ0n) is 10.1. The molecule has 0 atom stereocenters. The summed E-state index contributed by atoms with van der Waals surface area (Å²) in [4.78, 5) is 4.18. The van der Waals surface area contributed by atoms with Gasteiger partial charge in [0.25, 0.3) is 10.2 Å². The van der Waals surface area contributed by atoms with Crippen molar-refractivity contribution >= 4 is 21.6 Å². The molecule has 0 aliphatic heterocycles. The predicted octanol–water partition coefficient (Wildman–Crippen LogP) is 1.31. The van der Waals surface area contributed by atoms with E-state index in [1.165, 1.54) is 0 Å². The summed E-state index contributed by atoms with van der Waals surface area (Å²) in [6.45, 7) is 0.555. The highest BCUT2D eigenvalue weighted by atomic mass is 32.2. The van der Waals surface area contributed by atoms with Crippen molar-refractivity contribution in [1.82, 2.24) is 4.98 Å². The number of aromatic nitrogens is 1. The summed E-state index contributed by atoms with van der Waals surface area (Å²) >= 11 is 0. The van der Waals surface area contributed by atoms with Gasteiger partial charge >= 0.3 is 0 Å². The van der Waals surface area contributed by atoms with Gasteiger partial charge in [0.15, 0.2) is 0 Å². The van der Waals surface area contributed by atoms with E-state index < -0.39 is 10.2 Å². The molecule has 19 heavy (non-hydrogen) atoms. The molecule has 0 saturated heterocycles. The first-order valence-corrected chi connectivity index (χ1v) is 7.12. The Morgan fingerprint density at radius 3 is 2.58 bits per heavy atom. The number of hydrogen-bond acceptors (Lipinski definition) is 4. The van der Waals surface area contributed by atoms with E-state index in [1.54, 1.807) is 24.4 Å². The van der Waals surface area contributed by atoms with Gasteiger partial charge in [-0.2, -0.15) is 8.42 Å². The number of nitrogens with one attached hydrogen (secondary N) is 2. The van der Waals surface area contributed by atoms with Crippen LogP contribution in [-0.2, 0) is 16.8 Å². The zero-order valence-corrected chi connectivity index (χ0v) is 10.9. The minimum absolute atomic E-state index is 0.411. The smallest absolute Gasteiger partial charge is 0.296 e. The average molecular weight is 278 g/mol. The fourth-order valence-corrected chi connectivity index (χ4v) is 2.01. The molecule has 4 N–H and O–H groups in total. The second-order valence-corrected chi connectivity index (χ2v) is 5.20. The fourth-order valence-electron chi connectivity index (χ4n) is 1.55.